The fourth-order valence-electron chi connectivity index (χ4n) is 3.30. The Morgan fingerprint density at radius 3 is 2.31 bits per heavy atom. The molecular formula is C22H28N2O4S. The quantitative estimate of drug-likeness (QED) is 0.765. The summed E-state index contributed by atoms with van der Waals surface area (Å²) in [5.41, 5.74) is 1.77. The molecule has 0 spiro atoms. The Kier molecular flexibility index (Phi) is 6.59. The minimum Gasteiger partial charge on any atom is -0.491 e. The van der Waals surface area contributed by atoms with Crippen molar-refractivity contribution in [1.29, 1.82) is 0 Å². The van der Waals surface area contributed by atoms with E-state index in [0.29, 0.717) is 30.1 Å². The second-order valence-electron chi connectivity index (χ2n) is 7.59. The van der Waals surface area contributed by atoms with E-state index in [-0.39, 0.29) is 16.9 Å². The van der Waals surface area contributed by atoms with Gasteiger partial charge in [-0.1, -0.05) is 12.5 Å². The van der Waals surface area contributed by atoms with Crippen LogP contribution < -0.4 is 10.1 Å². The lowest BCUT2D eigenvalue weighted by molar-refractivity contribution is 0.102. The van der Waals surface area contributed by atoms with E-state index in [1.54, 1.807) is 42.5 Å². The van der Waals surface area contributed by atoms with Gasteiger partial charge in [0.25, 0.3) is 5.91 Å². The van der Waals surface area contributed by atoms with Crippen molar-refractivity contribution in [3.63, 3.8) is 0 Å². The number of carbonyl (C=O) groups is 1. The maximum atomic E-state index is 12.9. The maximum Gasteiger partial charge on any atom is 0.255 e. The molecule has 1 aliphatic heterocycles. The minimum atomic E-state index is -3.55. The zero-order valence-corrected chi connectivity index (χ0v) is 18.0. The molecule has 29 heavy (non-hydrogen) atoms. The van der Waals surface area contributed by atoms with Gasteiger partial charge in [-0.15, -0.1) is 0 Å². The highest BCUT2D eigenvalue weighted by atomic mass is 32.2. The fraction of sp³-hybridized carbons (Fsp3) is 0.409. The van der Waals surface area contributed by atoms with Gasteiger partial charge >= 0.3 is 0 Å². The predicted molar refractivity (Wildman–Crippen MR) is 114 cm³/mol. The van der Waals surface area contributed by atoms with E-state index in [1.807, 2.05) is 20.8 Å². The molecule has 156 valence electrons. The van der Waals surface area contributed by atoms with Gasteiger partial charge in [0, 0.05) is 24.3 Å². The average Bonchev–Trinajstić information content (AvgIpc) is 2.70. The van der Waals surface area contributed by atoms with Gasteiger partial charge in [-0.3, -0.25) is 4.79 Å². The Hall–Kier alpha value is -2.38. The topological polar surface area (TPSA) is 75.7 Å². The summed E-state index contributed by atoms with van der Waals surface area (Å²) in [5, 5.41) is 2.84. The van der Waals surface area contributed by atoms with Crippen molar-refractivity contribution in [2.45, 2.75) is 51.0 Å². The first kappa shape index (κ1) is 21.3. The van der Waals surface area contributed by atoms with Crippen molar-refractivity contribution >= 4 is 21.6 Å². The molecule has 1 heterocycles. The van der Waals surface area contributed by atoms with Crippen LogP contribution in [0.5, 0.6) is 5.75 Å². The molecule has 1 N–H and O–H groups in total. The highest BCUT2D eigenvalue weighted by Crippen LogP contribution is 2.26. The number of amides is 1. The lowest BCUT2D eigenvalue weighted by Gasteiger charge is -2.26. The number of sulfonamides is 1. The van der Waals surface area contributed by atoms with Gasteiger partial charge in [0.1, 0.15) is 5.75 Å². The predicted octanol–water partition coefficient (Wildman–Crippen LogP) is 4.21. The first-order chi connectivity index (χ1) is 13.8. The van der Waals surface area contributed by atoms with E-state index in [9.17, 15) is 13.2 Å². The van der Waals surface area contributed by atoms with Crippen LogP contribution in [0.2, 0.25) is 0 Å². The highest BCUT2D eigenvalue weighted by molar-refractivity contribution is 7.89. The minimum absolute atomic E-state index is 0.0573. The molecule has 0 saturated carbocycles. The molecule has 0 unspecified atom stereocenters. The van der Waals surface area contributed by atoms with Crippen molar-refractivity contribution in [2.75, 3.05) is 18.4 Å². The molecule has 1 saturated heterocycles. The molecule has 0 radical (unpaired) electrons. The zero-order valence-electron chi connectivity index (χ0n) is 17.1. The molecular weight excluding hydrogens is 388 g/mol. The summed E-state index contributed by atoms with van der Waals surface area (Å²) in [6.07, 6.45) is 2.88. The van der Waals surface area contributed by atoms with Gasteiger partial charge in [-0.25, -0.2) is 8.42 Å². The molecule has 0 atom stereocenters. The standard InChI is InChI=1S/C22H28N2O4S/c1-16(2)28-19-10-8-18(9-11-19)22(25)23-21-15-20(12-7-17(21)3)29(26,27)24-13-5-4-6-14-24/h7-12,15-16H,4-6,13-14H2,1-3H3,(H,23,25). The first-order valence-electron chi connectivity index (χ1n) is 9.96. The SMILES string of the molecule is Cc1ccc(S(=O)(=O)N2CCCCC2)cc1NC(=O)c1ccc(OC(C)C)cc1. The third-order valence-corrected chi connectivity index (χ3v) is 6.79. The molecule has 0 aromatic heterocycles. The Bertz CT molecular complexity index is 963. The zero-order chi connectivity index (χ0) is 21.0. The molecule has 3 rings (SSSR count). The van der Waals surface area contributed by atoms with Crippen LogP contribution in [0, 0.1) is 6.92 Å². The number of ether oxygens (including phenoxy) is 1. The lowest BCUT2D eigenvalue weighted by atomic mass is 10.1. The van der Waals surface area contributed by atoms with Crippen LogP contribution in [-0.2, 0) is 10.0 Å². The van der Waals surface area contributed by atoms with E-state index in [2.05, 4.69) is 5.32 Å². The van der Waals surface area contributed by atoms with E-state index < -0.39 is 10.0 Å². The molecule has 7 heteroatoms. The molecule has 1 aliphatic rings. The van der Waals surface area contributed by atoms with Gasteiger partial charge < -0.3 is 10.1 Å². The van der Waals surface area contributed by atoms with Gasteiger partial charge in [-0.05, 0) is 75.6 Å². The molecule has 6 nitrogen and oxygen atoms in total. The number of aryl methyl sites for hydroxylation is 1. The van der Waals surface area contributed by atoms with Gasteiger partial charge in [0.15, 0.2) is 0 Å². The number of hydrogen-bond acceptors (Lipinski definition) is 4. The maximum absolute atomic E-state index is 12.9. The van der Waals surface area contributed by atoms with Gasteiger partial charge in [-0.2, -0.15) is 4.31 Å². The second-order valence-corrected chi connectivity index (χ2v) is 9.52. The number of nitrogens with one attached hydrogen (secondary N) is 1. The van der Waals surface area contributed by atoms with Crippen molar-refractivity contribution in [2.24, 2.45) is 0 Å². The molecule has 2 aromatic rings. The van der Waals surface area contributed by atoms with Gasteiger partial charge in [0.2, 0.25) is 10.0 Å². The smallest absolute Gasteiger partial charge is 0.255 e. The normalized spacial score (nSPS) is 15.3. The molecule has 1 fully saturated rings. The van der Waals surface area contributed by atoms with E-state index >= 15 is 0 Å². The largest absolute Gasteiger partial charge is 0.491 e. The highest BCUT2D eigenvalue weighted by Gasteiger charge is 2.26. The van der Waals surface area contributed by atoms with Crippen LogP contribution in [0.4, 0.5) is 5.69 Å². The van der Waals surface area contributed by atoms with E-state index in [0.717, 1.165) is 24.8 Å². The van der Waals surface area contributed by atoms with Crippen LogP contribution in [0.15, 0.2) is 47.4 Å². The number of benzene rings is 2. The Balaban J connectivity index is 1.78. The molecule has 0 aliphatic carbocycles. The number of hydrogen-bond donors (Lipinski definition) is 1. The third kappa shape index (κ3) is 5.16. The molecule has 1 amide bonds. The fourth-order valence-corrected chi connectivity index (χ4v) is 4.85. The summed E-state index contributed by atoms with van der Waals surface area (Å²) in [4.78, 5) is 12.9. The Morgan fingerprint density at radius 2 is 1.69 bits per heavy atom. The summed E-state index contributed by atoms with van der Waals surface area (Å²) in [5.74, 6) is 0.402. The second kappa shape index (κ2) is 8.97. The van der Waals surface area contributed by atoms with Crippen LogP contribution in [0.3, 0.4) is 0 Å². The van der Waals surface area contributed by atoms with Gasteiger partial charge in [0.05, 0.1) is 11.0 Å². The summed E-state index contributed by atoms with van der Waals surface area (Å²) in [6, 6.07) is 11.8. The summed E-state index contributed by atoms with van der Waals surface area (Å²) >= 11 is 0. The van der Waals surface area contributed by atoms with E-state index in [4.69, 9.17) is 4.74 Å². The summed E-state index contributed by atoms with van der Waals surface area (Å²) in [6.45, 7) is 6.81. The number of piperidine rings is 1. The number of anilines is 1. The molecule has 0 bridgehead atoms. The van der Waals surface area contributed by atoms with Crippen molar-refractivity contribution in [3.05, 3.63) is 53.6 Å². The summed E-state index contributed by atoms with van der Waals surface area (Å²) in [7, 11) is -3.55. The Labute approximate surface area is 172 Å². The van der Waals surface area contributed by atoms with Crippen LogP contribution >= 0.6 is 0 Å². The van der Waals surface area contributed by atoms with Crippen molar-refractivity contribution < 1.29 is 17.9 Å². The first-order valence-corrected chi connectivity index (χ1v) is 11.4. The van der Waals surface area contributed by atoms with Crippen molar-refractivity contribution in [3.8, 4) is 5.75 Å². The number of nitrogens with zero attached hydrogens (tertiary/aromatic N) is 1. The van der Waals surface area contributed by atoms with Crippen LogP contribution in [0.25, 0.3) is 0 Å². The number of carbonyl (C=O) groups excluding carboxylic acids is 1. The molecule has 2 aromatic carbocycles. The summed E-state index contributed by atoms with van der Waals surface area (Å²) < 4.78 is 33.0. The van der Waals surface area contributed by atoms with E-state index in [1.165, 1.54) is 4.31 Å². The average molecular weight is 417 g/mol. The van der Waals surface area contributed by atoms with Crippen LogP contribution in [0.1, 0.15) is 49.0 Å². The lowest BCUT2D eigenvalue weighted by Crippen LogP contribution is -2.35. The third-order valence-electron chi connectivity index (χ3n) is 4.90. The van der Waals surface area contributed by atoms with Crippen molar-refractivity contribution in [1.82, 2.24) is 4.31 Å². The monoisotopic (exact) mass is 416 g/mol. The Morgan fingerprint density at radius 1 is 1.03 bits per heavy atom. The van der Waals surface area contributed by atoms with Crippen LogP contribution in [-0.4, -0.2) is 37.8 Å². The number of rotatable bonds is 6.